The molecule has 1 unspecified atom stereocenters. The minimum absolute atomic E-state index is 0.242. The fourth-order valence-electron chi connectivity index (χ4n) is 1.76. The summed E-state index contributed by atoms with van der Waals surface area (Å²) >= 11 is 0. The zero-order valence-electron chi connectivity index (χ0n) is 11.2. The van der Waals surface area contributed by atoms with Crippen molar-refractivity contribution >= 4 is 11.9 Å². The molecule has 1 aliphatic rings. The topological polar surface area (TPSA) is 66.4 Å². The Morgan fingerprint density at radius 2 is 2.21 bits per heavy atom. The maximum atomic E-state index is 12.9. The lowest BCUT2D eigenvalue weighted by Gasteiger charge is -2.20. The molecule has 1 aromatic rings. The molecule has 1 saturated heterocycles. The summed E-state index contributed by atoms with van der Waals surface area (Å²) in [5, 5.41) is 5.69. The molecule has 0 bridgehead atoms. The van der Waals surface area contributed by atoms with Crippen molar-refractivity contribution in [2.75, 3.05) is 6.54 Å². The number of hydrogen-bond acceptors (Lipinski definition) is 3. The van der Waals surface area contributed by atoms with Gasteiger partial charge in [-0.1, -0.05) is 13.8 Å². The molecule has 19 heavy (non-hydrogen) atoms. The van der Waals surface area contributed by atoms with E-state index in [1.165, 1.54) is 12.1 Å². The highest BCUT2D eigenvalue weighted by Crippen LogP contribution is 2.22. The Morgan fingerprint density at radius 1 is 1.47 bits per heavy atom. The van der Waals surface area contributed by atoms with Gasteiger partial charge in [0.25, 0.3) is 5.91 Å². The summed E-state index contributed by atoms with van der Waals surface area (Å²) in [7, 11) is 0. The summed E-state index contributed by atoms with van der Waals surface area (Å²) in [6.45, 7) is 6.40. The number of halogens is 1. The van der Waals surface area contributed by atoms with Crippen LogP contribution in [-0.4, -0.2) is 23.4 Å². The lowest BCUT2D eigenvalue weighted by molar-refractivity contribution is -0.123. The van der Waals surface area contributed by atoms with Crippen LogP contribution in [0.4, 0.5) is 4.39 Å². The van der Waals surface area contributed by atoms with E-state index in [1.54, 1.807) is 6.92 Å². The average molecular weight is 264 g/mol. The van der Waals surface area contributed by atoms with Crippen LogP contribution in [0.2, 0.25) is 0 Å². The number of pyridine rings is 1. The van der Waals surface area contributed by atoms with Gasteiger partial charge < -0.3 is 5.32 Å². The Labute approximate surface area is 111 Å². The van der Waals surface area contributed by atoms with Gasteiger partial charge in [0, 0.05) is 6.54 Å². The van der Waals surface area contributed by atoms with Gasteiger partial charge in [-0.2, -0.15) is 0 Å². The molecule has 0 spiro atoms. The standard InChI is InChI=1S/C13H17FN4O/c1-8(2)6-16-12-17-11(19)13(3,18-12)10-5-4-9(14)7-15-10/h4-5,7-8H,6H2,1-3H3,(H2,16,17,18,19). The zero-order chi connectivity index (χ0) is 14.0. The van der Waals surface area contributed by atoms with Crippen LogP contribution < -0.4 is 10.6 Å². The molecule has 2 heterocycles. The Hall–Kier alpha value is -1.98. The molecule has 1 atom stereocenters. The molecular weight excluding hydrogens is 247 g/mol. The fourth-order valence-corrected chi connectivity index (χ4v) is 1.76. The summed E-state index contributed by atoms with van der Waals surface area (Å²) < 4.78 is 12.9. The van der Waals surface area contributed by atoms with Crippen LogP contribution in [0, 0.1) is 11.7 Å². The number of rotatable bonds is 3. The van der Waals surface area contributed by atoms with Crippen LogP contribution in [0.1, 0.15) is 26.5 Å². The van der Waals surface area contributed by atoms with Crippen LogP contribution in [0.5, 0.6) is 0 Å². The number of hydrogen-bond donors (Lipinski definition) is 2. The minimum atomic E-state index is -1.01. The Balaban J connectivity index is 2.22. The molecule has 1 aromatic heterocycles. The van der Waals surface area contributed by atoms with Gasteiger partial charge in [-0.05, 0) is 25.0 Å². The largest absolute Gasteiger partial charge is 0.337 e. The van der Waals surface area contributed by atoms with Crippen LogP contribution in [0.25, 0.3) is 0 Å². The molecule has 5 nitrogen and oxygen atoms in total. The second-order valence-corrected chi connectivity index (χ2v) is 5.15. The quantitative estimate of drug-likeness (QED) is 0.861. The molecular formula is C13H17FN4O. The molecule has 0 saturated carbocycles. The van der Waals surface area contributed by atoms with Crippen molar-refractivity contribution < 1.29 is 9.18 Å². The van der Waals surface area contributed by atoms with Crippen LogP contribution in [-0.2, 0) is 10.3 Å². The average Bonchev–Trinajstić information content (AvgIpc) is 2.64. The zero-order valence-corrected chi connectivity index (χ0v) is 11.2. The second kappa shape index (κ2) is 4.95. The van der Waals surface area contributed by atoms with Gasteiger partial charge in [0.1, 0.15) is 5.82 Å². The normalized spacial score (nSPS) is 24.7. The number of nitrogens with one attached hydrogen (secondary N) is 2. The maximum Gasteiger partial charge on any atom is 0.258 e. The highest BCUT2D eigenvalue weighted by atomic mass is 19.1. The first-order valence-corrected chi connectivity index (χ1v) is 6.18. The van der Waals surface area contributed by atoms with Crippen molar-refractivity contribution in [1.82, 2.24) is 15.6 Å². The van der Waals surface area contributed by atoms with Crippen molar-refractivity contribution in [1.29, 1.82) is 0 Å². The first-order valence-electron chi connectivity index (χ1n) is 6.18. The van der Waals surface area contributed by atoms with Gasteiger partial charge >= 0.3 is 0 Å². The number of carbonyl (C=O) groups is 1. The first kappa shape index (κ1) is 13.5. The third-order valence-corrected chi connectivity index (χ3v) is 2.91. The lowest BCUT2D eigenvalue weighted by Crippen LogP contribution is -2.41. The second-order valence-electron chi connectivity index (χ2n) is 5.15. The molecule has 1 amide bonds. The van der Waals surface area contributed by atoms with E-state index < -0.39 is 11.4 Å². The van der Waals surface area contributed by atoms with E-state index in [4.69, 9.17) is 0 Å². The van der Waals surface area contributed by atoms with Gasteiger partial charge in [-0.25, -0.2) is 4.39 Å². The molecule has 6 heteroatoms. The SMILES string of the molecule is CC(C)CN=C1NC(=O)C(C)(c2ccc(F)cn2)N1. The lowest BCUT2D eigenvalue weighted by atomic mass is 9.98. The van der Waals surface area contributed by atoms with Gasteiger partial charge in [0.15, 0.2) is 11.5 Å². The van der Waals surface area contributed by atoms with E-state index in [0.717, 1.165) is 6.20 Å². The predicted octanol–water partition coefficient (Wildman–Crippen LogP) is 1.17. The Morgan fingerprint density at radius 3 is 2.79 bits per heavy atom. The predicted molar refractivity (Wildman–Crippen MR) is 70.0 cm³/mol. The number of aromatic nitrogens is 1. The van der Waals surface area contributed by atoms with Crippen molar-refractivity contribution in [3.63, 3.8) is 0 Å². The Bertz CT molecular complexity index is 512. The van der Waals surface area contributed by atoms with Crippen LogP contribution in [0.15, 0.2) is 23.3 Å². The van der Waals surface area contributed by atoms with Crippen molar-refractivity contribution in [2.24, 2.45) is 10.9 Å². The molecule has 0 radical (unpaired) electrons. The first-order chi connectivity index (χ1) is 8.91. The molecule has 102 valence electrons. The van der Waals surface area contributed by atoms with Gasteiger partial charge in [0.05, 0.1) is 11.9 Å². The van der Waals surface area contributed by atoms with Crippen LogP contribution in [0.3, 0.4) is 0 Å². The highest BCUT2D eigenvalue weighted by Gasteiger charge is 2.43. The molecule has 1 aliphatic heterocycles. The van der Waals surface area contributed by atoms with Crippen LogP contribution >= 0.6 is 0 Å². The maximum absolute atomic E-state index is 12.9. The summed E-state index contributed by atoms with van der Waals surface area (Å²) in [4.78, 5) is 20.3. The highest BCUT2D eigenvalue weighted by molar-refractivity contribution is 6.08. The summed E-state index contributed by atoms with van der Waals surface area (Å²) in [5.74, 6) is 0.169. The van der Waals surface area contributed by atoms with E-state index in [-0.39, 0.29) is 5.91 Å². The monoisotopic (exact) mass is 264 g/mol. The number of aliphatic imine (C=N–C) groups is 1. The molecule has 2 N–H and O–H groups in total. The number of nitrogens with zero attached hydrogens (tertiary/aromatic N) is 2. The van der Waals surface area contributed by atoms with Gasteiger partial charge in [-0.15, -0.1) is 0 Å². The number of guanidine groups is 1. The van der Waals surface area contributed by atoms with E-state index in [0.29, 0.717) is 24.1 Å². The van der Waals surface area contributed by atoms with E-state index in [1.807, 2.05) is 13.8 Å². The van der Waals surface area contributed by atoms with E-state index in [9.17, 15) is 9.18 Å². The Kier molecular flexibility index (Phi) is 3.50. The third-order valence-electron chi connectivity index (χ3n) is 2.91. The van der Waals surface area contributed by atoms with E-state index >= 15 is 0 Å². The molecule has 1 fully saturated rings. The summed E-state index contributed by atoms with van der Waals surface area (Å²) in [5.41, 5.74) is -0.551. The summed E-state index contributed by atoms with van der Waals surface area (Å²) in [6.07, 6.45) is 1.10. The van der Waals surface area contributed by atoms with Crippen molar-refractivity contribution in [3.8, 4) is 0 Å². The smallest absolute Gasteiger partial charge is 0.258 e. The number of carbonyl (C=O) groups excluding carboxylic acids is 1. The molecule has 0 aliphatic carbocycles. The fraction of sp³-hybridized carbons (Fsp3) is 0.462. The minimum Gasteiger partial charge on any atom is -0.337 e. The van der Waals surface area contributed by atoms with E-state index in [2.05, 4.69) is 20.6 Å². The molecule has 2 rings (SSSR count). The van der Waals surface area contributed by atoms with Crippen molar-refractivity contribution in [2.45, 2.75) is 26.3 Å². The van der Waals surface area contributed by atoms with Gasteiger partial charge in [-0.3, -0.25) is 20.1 Å². The summed E-state index contributed by atoms with van der Waals surface area (Å²) in [6, 6.07) is 2.78. The third kappa shape index (κ3) is 2.72. The van der Waals surface area contributed by atoms with Gasteiger partial charge in [0.2, 0.25) is 0 Å². The van der Waals surface area contributed by atoms with Crippen molar-refractivity contribution in [3.05, 3.63) is 29.8 Å². The number of amides is 1. The molecule has 0 aromatic carbocycles.